The summed E-state index contributed by atoms with van der Waals surface area (Å²) in [5.74, 6) is 0.438. The molecule has 31 heavy (non-hydrogen) atoms. The number of hydrogen-bond acceptors (Lipinski definition) is 5. The van der Waals surface area contributed by atoms with Crippen molar-refractivity contribution in [1.29, 1.82) is 0 Å². The van der Waals surface area contributed by atoms with Crippen LogP contribution in [-0.4, -0.2) is 39.2 Å². The Morgan fingerprint density at radius 3 is 2.61 bits per heavy atom. The molecule has 5 rings (SSSR count). The highest BCUT2D eigenvalue weighted by Crippen LogP contribution is 2.30. The number of ether oxygens (including phenoxy) is 1. The van der Waals surface area contributed by atoms with Gasteiger partial charge in [-0.05, 0) is 48.3 Å². The van der Waals surface area contributed by atoms with E-state index in [1.54, 1.807) is 12.1 Å². The van der Waals surface area contributed by atoms with E-state index >= 15 is 0 Å². The molecule has 0 atom stereocenters. The average molecular weight is 416 g/mol. The molecule has 4 aromatic rings. The van der Waals surface area contributed by atoms with Crippen LogP contribution in [0.2, 0.25) is 0 Å². The molecule has 0 saturated carbocycles. The predicted molar refractivity (Wildman–Crippen MR) is 120 cm³/mol. The lowest BCUT2D eigenvalue weighted by molar-refractivity contribution is -0.384. The highest BCUT2D eigenvalue weighted by atomic mass is 16.6. The number of nitro benzene ring substituents is 1. The second-order valence-corrected chi connectivity index (χ2v) is 7.96. The van der Waals surface area contributed by atoms with E-state index in [0.717, 1.165) is 48.0 Å². The van der Waals surface area contributed by atoms with Crippen LogP contribution in [0.5, 0.6) is 5.88 Å². The van der Waals surface area contributed by atoms with Crippen LogP contribution >= 0.6 is 0 Å². The van der Waals surface area contributed by atoms with E-state index in [0.29, 0.717) is 17.9 Å². The molecule has 1 fully saturated rings. The normalized spacial score (nSPS) is 14.5. The molecule has 0 unspecified atom stereocenters. The van der Waals surface area contributed by atoms with Crippen LogP contribution in [-0.2, 0) is 13.2 Å². The lowest BCUT2D eigenvalue weighted by Crippen LogP contribution is -2.24. The summed E-state index contributed by atoms with van der Waals surface area (Å²) in [6.07, 6.45) is 2.48. The molecule has 1 aromatic heterocycles. The summed E-state index contributed by atoms with van der Waals surface area (Å²) < 4.78 is 8.05. The van der Waals surface area contributed by atoms with Crippen molar-refractivity contribution in [2.45, 2.75) is 26.0 Å². The molecule has 0 N–H and O–H groups in total. The van der Waals surface area contributed by atoms with Gasteiger partial charge in [0.1, 0.15) is 6.61 Å². The fourth-order valence-electron chi connectivity index (χ4n) is 4.34. The lowest BCUT2D eigenvalue weighted by atomic mass is 10.1. The maximum atomic E-state index is 11.3. The van der Waals surface area contributed by atoms with Gasteiger partial charge in [0.15, 0.2) is 0 Å². The molecule has 7 nitrogen and oxygen atoms in total. The standard InChI is InChI=1S/C24H24N4O3/c29-28(30)20-10-11-23-22(16-20)24(25-27(23)15-14-26-12-3-4-13-26)31-17-19-8-5-7-18-6-1-2-9-21(18)19/h1-2,5-11,16H,3-4,12-15,17H2. The summed E-state index contributed by atoms with van der Waals surface area (Å²) in [4.78, 5) is 13.4. The molecule has 1 aliphatic heterocycles. The van der Waals surface area contributed by atoms with Gasteiger partial charge in [0.05, 0.1) is 22.4 Å². The second kappa shape index (κ2) is 8.35. The Hall–Kier alpha value is -3.45. The van der Waals surface area contributed by atoms with Crippen LogP contribution in [0.1, 0.15) is 18.4 Å². The molecular weight excluding hydrogens is 392 g/mol. The Morgan fingerprint density at radius 1 is 0.968 bits per heavy atom. The molecule has 1 aliphatic rings. The van der Waals surface area contributed by atoms with E-state index in [1.165, 1.54) is 18.9 Å². The van der Waals surface area contributed by atoms with E-state index in [-0.39, 0.29) is 10.6 Å². The number of rotatable bonds is 7. The van der Waals surface area contributed by atoms with Gasteiger partial charge < -0.3 is 9.64 Å². The fourth-order valence-corrected chi connectivity index (χ4v) is 4.34. The smallest absolute Gasteiger partial charge is 0.270 e. The third-order valence-electron chi connectivity index (χ3n) is 5.98. The second-order valence-electron chi connectivity index (χ2n) is 7.96. The van der Waals surface area contributed by atoms with Crippen LogP contribution in [0.4, 0.5) is 5.69 Å². The molecule has 0 spiro atoms. The van der Waals surface area contributed by atoms with Crippen LogP contribution < -0.4 is 4.74 Å². The Balaban J connectivity index is 1.45. The molecule has 0 amide bonds. The van der Waals surface area contributed by atoms with Crippen LogP contribution in [0, 0.1) is 10.1 Å². The maximum Gasteiger partial charge on any atom is 0.270 e. The zero-order valence-corrected chi connectivity index (χ0v) is 17.2. The average Bonchev–Trinajstić information content (AvgIpc) is 3.43. The quantitative estimate of drug-likeness (QED) is 0.320. The number of hydrogen-bond donors (Lipinski definition) is 0. The van der Waals surface area contributed by atoms with Gasteiger partial charge in [-0.25, -0.2) is 0 Å². The van der Waals surface area contributed by atoms with E-state index in [2.05, 4.69) is 23.1 Å². The number of aromatic nitrogens is 2. The highest BCUT2D eigenvalue weighted by molar-refractivity contribution is 5.87. The predicted octanol–water partition coefficient (Wildman–Crippen LogP) is 4.77. The fraction of sp³-hybridized carbons (Fsp3) is 0.292. The van der Waals surface area contributed by atoms with Gasteiger partial charge in [-0.3, -0.25) is 14.8 Å². The summed E-state index contributed by atoms with van der Waals surface area (Å²) in [7, 11) is 0. The third-order valence-corrected chi connectivity index (χ3v) is 5.98. The summed E-state index contributed by atoms with van der Waals surface area (Å²) in [5, 5.41) is 19.0. The first kappa shape index (κ1) is 19.5. The molecule has 0 bridgehead atoms. The minimum atomic E-state index is -0.379. The summed E-state index contributed by atoms with van der Waals surface area (Å²) >= 11 is 0. The van der Waals surface area contributed by atoms with Crippen molar-refractivity contribution in [1.82, 2.24) is 14.7 Å². The summed E-state index contributed by atoms with van der Waals surface area (Å²) in [5.41, 5.74) is 1.96. The van der Waals surface area contributed by atoms with E-state index in [1.807, 2.05) is 28.9 Å². The minimum absolute atomic E-state index is 0.0432. The summed E-state index contributed by atoms with van der Waals surface area (Å²) in [6, 6.07) is 19.2. The molecule has 0 aliphatic carbocycles. The number of benzene rings is 3. The lowest BCUT2D eigenvalue weighted by Gasteiger charge is -2.14. The van der Waals surface area contributed by atoms with Crippen molar-refractivity contribution in [3.8, 4) is 5.88 Å². The number of non-ortho nitro benzene ring substituents is 1. The van der Waals surface area contributed by atoms with Gasteiger partial charge in [0.2, 0.25) is 5.88 Å². The van der Waals surface area contributed by atoms with Gasteiger partial charge in [0.25, 0.3) is 5.69 Å². The first-order chi connectivity index (χ1) is 15.2. The van der Waals surface area contributed by atoms with Gasteiger partial charge in [-0.2, -0.15) is 0 Å². The van der Waals surface area contributed by atoms with E-state index in [9.17, 15) is 10.1 Å². The van der Waals surface area contributed by atoms with Crippen molar-refractivity contribution in [3.63, 3.8) is 0 Å². The largest absolute Gasteiger partial charge is 0.471 e. The Morgan fingerprint density at radius 2 is 1.77 bits per heavy atom. The summed E-state index contributed by atoms with van der Waals surface area (Å²) in [6.45, 7) is 4.23. The third kappa shape index (κ3) is 3.96. The molecule has 0 radical (unpaired) electrons. The number of fused-ring (bicyclic) bond motifs is 2. The van der Waals surface area contributed by atoms with E-state index in [4.69, 9.17) is 9.84 Å². The first-order valence-electron chi connectivity index (χ1n) is 10.7. The van der Waals surface area contributed by atoms with Crippen LogP contribution in [0.15, 0.2) is 60.7 Å². The van der Waals surface area contributed by atoms with Crippen molar-refractivity contribution >= 4 is 27.4 Å². The van der Waals surface area contributed by atoms with Crippen LogP contribution in [0.25, 0.3) is 21.7 Å². The van der Waals surface area contributed by atoms with Gasteiger partial charge in [-0.15, -0.1) is 5.10 Å². The van der Waals surface area contributed by atoms with Gasteiger partial charge >= 0.3 is 0 Å². The Labute approximate surface area is 180 Å². The molecular formula is C24H24N4O3. The zero-order valence-electron chi connectivity index (χ0n) is 17.2. The monoisotopic (exact) mass is 416 g/mol. The highest BCUT2D eigenvalue weighted by Gasteiger charge is 2.18. The van der Waals surface area contributed by atoms with Crippen molar-refractivity contribution < 1.29 is 9.66 Å². The number of nitrogens with zero attached hydrogens (tertiary/aromatic N) is 4. The van der Waals surface area contributed by atoms with E-state index < -0.39 is 0 Å². The SMILES string of the molecule is O=[N+]([O-])c1ccc2c(c1)c(OCc1cccc3ccccc13)nn2CCN1CCCC1. The molecule has 1 saturated heterocycles. The Bertz CT molecular complexity index is 1240. The van der Waals surface area contributed by atoms with Crippen molar-refractivity contribution in [2.24, 2.45) is 0 Å². The zero-order chi connectivity index (χ0) is 21.2. The molecule has 158 valence electrons. The topological polar surface area (TPSA) is 73.4 Å². The van der Waals surface area contributed by atoms with Crippen molar-refractivity contribution in [2.75, 3.05) is 19.6 Å². The first-order valence-corrected chi connectivity index (χ1v) is 10.7. The van der Waals surface area contributed by atoms with Crippen molar-refractivity contribution in [3.05, 3.63) is 76.3 Å². The number of likely N-dealkylation sites (tertiary alicyclic amines) is 1. The maximum absolute atomic E-state index is 11.3. The number of nitro groups is 1. The Kier molecular flexibility index (Phi) is 5.26. The van der Waals surface area contributed by atoms with Crippen LogP contribution in [0.3, 0.4) is 0 Å². The minimum Gasteiger partial charge on any atom is -0.471 e. The molecule has 7 heteroatoms. The molecule has 2 heterocycles. The van der Waals surface area contributed by atoms with Gasteiger partial charge in [-0.1, -0.05) is 42.5 Å². The van der Waals surface area contributed by atoms with Gasteiger partial charge in [0, 0.05) is 18.7 Å². The molecule has 3 aromatic carbocycles.